The summed E-state index contributed by atoms with van der Waals surface area (Å²) in [6, 6.07) is 9.93. The molecule has 0 fully saturated rings. The van der Waals surface area contributed by atoms with Gasteiger partial charge in [0, 0.05) is 12.3 Å². The fourth-order valence-electron chi connectivity index (χ4n) is 1.48. The lowest BCUT2D eigenvalue weighted by Crippen LogP contribution is -2.16. The highest BCUT2D eigenvalue weighted by atomic mass is 35.5. The van der Waals surface area contributed by atoms with Crippen LogP contribution in [0.15, 0.2) is 42.6 Å². The van der Waals surface area contributed by atoms with E-state index in [1.165, 1.54) is 12.3 Å². The number of benzene rings is 1. The molecule has 0 bridgehead atoms. The molecule has 1 aromatic heterocycles. The summed E-state index contributed by atoms with van der Waals surface area (Å²) in [5.74, 6) is -0.651. The van der Waals surface area contributed by atoms with E-state index in [4.69, 9.17) is 11.6 Å². The number of pyridine rings is 1. The standard InChI is InChI=1S/C12H11ClN2O3S/c13-10-6-11(16)12(14-7-10)15-19(17,18)8-9-4-2-1-3-5-9/h1-7,16H,8H2,(H,14,15). The third-order valence-corrected chi connectivity index (χ3v) is 3.71. The molecule has 2 aromatic rings. The Morgan fingerprint density at radius 2 is 1.95 bits per heavy atom. The molecule has 0 radical (unpaired) electrons. The average Bonchev–Trinajstić information content (AvgIpc) is 2.33. The van der Waals surface area contributed by atoms with E-state index in [1.54, 1.807) is 30.3 Å². The Bertz CT molecular complexity index is 675. The molecule has 5 nitrogen and oxygen atoms in total. The number of nitrogens with zero attached hydrogens (tertiary/aromatic N) is 1. The van der Waals surface area contributed by atoms with Gasteiger partial charge in [0.15, 0.2) is 11.6 Å². The maximum atomic E-state index is 11.9. The van der Waals surface area contributed by atoms with E-state index < -0.39 is 10.0 Å². The van der Waals surface area contributed by atoms with Gasteiger partial charge >= 0.3 is 0 Å². The lowest BCUT2D eigenvalue weighted by Gasteiger charge is -2.08. The van der Waals surface area contributed by atoms with Crippen LogP contribution in [0.25, 0.3) is 0 Å². The van der Waals surface area contributed by atoms with Crippen LogP contribution in [0.2, 0.25) is 5.02 Å². The van der Waals surface area contributed by atoms with Crippen molar-refractivity contribution in [3.63, 3.8) is 0 Å². The highest BCUT2D eigenvalue weighted by Crippen LogP contribution is 2.24. The summed E-state index contributed by atoms with van der Waals surface area (Å²) < 4.78 is 26.0. The SMILES string of the molecule is O=S(=O)(Cc1ccccc1)Nc1ncc(Cl)cc1O. The van der Waals surface area contributed by atoms with Gasteiger partial charge in [-0.3, -0.25) is 4.72 Å². The topological polar surface area (TPSA) is 79.3 Å². The molecule has 2 N–H and O–H groups in total. The first-order chi connectivity index (χ1) is 8.96. The number of nitrogens with one attached hydrogen (secondary N) is 1. The normalized spacial score (nSPS) is 11.2. The van der Waals surface area contributed by atoms with Gasteiger partial charge in [-0.1, -0.05) is 41.9 Å². The maximum absolute atomic E-state index is 11.9. The number of hydrogen-bond acceptors (Lipinski definition) is 4. The zero-order valence-corrected chi connectivity index (χ0v) is 11.3. The molecule has 0 aliphatic heterocycles. The van der Waals surface area contributed by atoms with Crippen molar-refractivity contribution in [2.75, 3.05) is 4.72 Å². The molecule has 0 aliphatic rings. The molecule has 0 atom stereocenters. The van der Waals surface area contributed by atoms with Crippen molar-refractivity contribution in [3.8, 4) is 5.75 Å². The van der Waals surface area contributed by atoms with Crippen LogP contribution in [-0.4, -0.2) is 18.5 Å². The van der Waals surface area contributed by atoms with Crippen molar-refractivity contribution in [2.24, 2.45) is 0 Å². The Hall–Kier alpha value is -1.79. The quantitative estimate of drug-likeness (QED) is 0.908. The third-order valence-electron chi connectivity index (χ3n) is 2.29. The van der Waals surface area contributed by atoms with Crippen LogP contribution < -0.4 is 4.72 Å². The molecular weight excluding hydrogens is 288 g/mol. The van der Waals surface area contributed by atoms with E-state index >= 15 is 0 Å². The second-order valence-electron chi connectivity index (χ2n) is 3.87. The number of aromatic hydroxyl groups is 1. The van der Waals surface area contributed by atoms with Gasteiger partial charge in [0.25, 0.3) is 0 Å². The molecule has 0 amide bonds. The van der Waals surface area contributed by atoms with E-state index in [1.807, 2.05) is 0 Å². The first kappa shape index (κ1) is 13.6. The summed E-state index contributed by atoms with van der Waals surface area (Å²) in [6.45, 7) is 0. The van der Waals surface area contributed by atoms with Gasteiger partial charge in [0.2, 0.25) is 10.0 Å². The van der Waals surface area contributed by atoms with Crippen LogP contribution in [0, 0.1) is 0 Å². The van der Waals surface area contributed by atoms with Crippen molar-refractivity contribution < 1.29 is 13.5 Å². The highest BCUT2D eigenvalue weighted by molar-refractivity contribution is 7.91. The van der Waals surface area contributed by atoms with Gasteiger partial charge in [0.1, 0.15) is 0 Å². The van der Waals surface area contributed by atoms with Crippen LogP contribution in [0.3, 0.4) is 0 Å². The monoisotopic (exact) mass is 298 g/mol. The largest absolute Gasteiger partial charge is 0.504 e. The second-order valence-corrected chi connectivity index (χ2v) is 6.03. The predicted octanol–water partition coefficient (Wildman–Crippen LogP) is 2.38. The molecule has 0 unspecified atom stereocenters. The molecule has 0 aliphatic carbocycles. The van der Waals surface area contributed by atoms with Gasteiger partial charge in [-0.25, -0.2) is 13.4 Å². The number of halogens is 1. The lowest BCUT2D eigenvalue weighted by atomic mass is 10.2. The summed E-state index contributed by atoms with van der Waals surface area (Å²) >= 11 is 5.62. The van der Waals surface area contributed by atoms with E-state index in [0.717, 1.165) is 0 Å². The minimum atomic E-state index is -3.64. The Labute approximate surface area is 115 Å². The fourth-order valence-corrected chi connectivity index (χ4v) is 2.79. The predicted molar refractivity (Wildman–Crippen MR) is 73.6 cm³/mol. The zero-order valence-electron chi connectivity index (χ0n) is 9.75. The van der Waals surface area contributed by atoms with Crippen molar-refractivity contribution in [2.45, 2.75) is 5.75 Å². The van der Waals surface area contributed by atoms with Crippen LogP contribution in [0.1, 0.15) is 5.56 Å². The highest BCUT2D eigenvalue weighted by Gasteiger charge is 2.15. The summed E-state index contributed by atoms with van der Waals surface area (Å²) in [6.07, 6.45) is 1.25. The Balaban J connectivity index is 2.17. The molecule has 0 saturated carbocycles. The molecule has 0 saturated heterocycles. The molecule has 2 rings (SSSR count). The first-order valence-corrected chi connectivity index (χ1v) is 7.38. The summed E-state index contributed by atoms with van der Waals surface area (Å²) in [7, 11) is -3.64. The maximum Gasteiger partial charge on any atom is 0.238 e. The van der Waals surface area contributed by atoms with Crippen molar-refractivity contribution in [1.82, 2.24) is 4.98 Å². The molecule has 0 spiro atoms. The summed E-state index contributed by atoms with van der Waals surface area (Å²) in [5.41, 5.74) is 0.642. The second kappa shape index (κ2) is 5.46. The molecule has 1 heterocycles. The average molecular weight is 299 g/mol. The lowest BCUT2D eigenvalue weighted by molar-refractivity contribution is 0.475. The van der Waals surface area contributed by atoms with Crippen LogP contribution in [0.5, 0.6) is 5.75 Å². The van der Waals surface area contributed by atoms with Crippen molar-refractivity contribution in [1.29, 1.82) is 0 Å². The molecule has 19 heavy (non-hydrogen) atoms. The molecule has 100 valence electrons. The van der Waals surface area contributed by atoms with E-state index in [9.17, 15) is 13.5 Å². The molecule has 1 aromatic carbocycles. The third kappa shape index (κ3) is 3.84. The number of aromatic nitrogens is 1. The van der Waals surface area contributed by atoms with Gasteiger partial charge in [-0.2, -0.15) is 0 Å². The molecular formula is C12H11ClN2O3S. The zero-order chi connectivity index (χ0) is 13.9. The fraction of sp³-hybridized carbons (Fsp3) is 0.0833. The number of anilines is 1. The van der Waals surface area contributed by atoms with E-state index in [2.05, 4.69) is 9.71 Å². The van der Waals surface area contributed by atoms with Crippen LogP contribution >= 0.6 is 11.6 Å². The van der Waals surface area contributed by atoms with Crippen molar-refractivity contribution in [3.05, 3.63) is 53.2 Å². The number of hydrogen-bond donors (Lipinski definition) is 2. The Kier molecular flexibility index (Phi) is 3.92. The minimum Gasteiger partial charge on any atom is -0.504 e. The van der Waals surface area contributed by atoms with Crippen molar-refractivity contribution >= 4 is 27.4 Å². The van der Waals surface area contributed by atoms with E-state index in [0.29, 0.717) is 5.56 Å². The first-order valence-electron chi connectivity index (χ1n) is 5.35. The summed E-state index contributed by atoms with van der Waals surface area (Å²) in [4.78, 5) is 3.73. The summed E-state index contributed by atoms with van der Waals surface area (Å²) in [5, 5.41) is 9.77. The van der Waals surface area contributed by atoms with E-state index in [-0.39, 0.29) is 22.3 Å². The Morgan fingerprint density at radius 1 is 1.26 bits per heavy atom. The minimum absolute atomic E-state index is 0.139. The number of rotatable bonds is 4. The van der Waals surface area contributed by atoms with Gasteiger partial charge < -0.3 is 5.11 Å². The number of sulfonamides is 1. The van der Waals surface area contributed by atoms with Gasteiger partial charge in [-0.15, -0.1) is 0 Å². The van der Waals surface area contributed by atoms with Crippen LogP contribution in [0.4, 0.5) is 5.82 Å². The van der Waals surface area contributed by atoms with Crippen LogP contribution in [-0.2, 0) is 15.8 Å². The van der Waals surface area contributed by atoms with Gasteiger partial charge in [0.05, 0.1) is 10.8 Å². The smallest absolute Gasteiger partial charge is 0.238 e. The van der Waals surface area contributed by atoms with Gasteiger partial charge in [-0.05, 0) is 5.56 Å². The molecule has 7 heteroatoms. The Morgan fingerprint density at radius 3 is 2.58 bits per heavy atom.